The topological polar surface area (TPSA) is 132 Å². The maximum absolute atomic E-state index is 13.6. The number of halogens is 2. The van der Waals surface area contributed by atoms with Gasteiger partial charge in [-0.1, -0.05) is 12.1 Å². The smallest absolute Gasteiger partial charge is 0.245 e. The van der Waals surface area contributed by atoms with Gasteiger partial charge in [-0.05, 0) is 73.8 Å². The van der Waals surface area contributed by atoms with E-state index in [1.165, 1.54) is 36.4 Å². The summed E-state index contributed by atoms with van der Waals surface area (Å²) in [6.45, 7) is 1.33. The summed E-state index contributed by atoms with van der Waals surface area (Å²) in [5.41, 5.74) is 6.79. The zero-order valence-electron chi connectivity index (χ0n) is 19.1. The van der Waals surface area contributed by atoms with E-state index in [2.05, 4.69) is 20.9 Å². The third-order valence-corrected chi connectivity index (χ3v) is 6.52. The van der Waals surface area contributed by atoms with Crippen LogP contribution >= 0.6 is 0 Å². The predicted molar refractivity (Wildman–Crippen MR) is 127 cm³/mol. The van der Waals surface area contributed by atoms with Crippen LogP contribution in [0.3, 0.4) is 0 Å². The van der Waals surface area contributed by atoms with E-state index in [0.717, 1.165) is 16.5 Å². The van der Waals surface area contributed by atoms with Crippen LogP contribution in [-0.2, 0) is 16.0 Å². The van der Waals surface area contributed by atoms with Crippen LogP contribution in [0, 0.1) is 11.6 Å². The van der Waals surface area contributed by atoms with Crippen molar-refractivity contribution < 1.29 is 23.5 Å². The SMILES string of the molecule is NC(C(=O)NC1(C(=O)NCCc2c[nH]c3ccc(F)cc23)CCNCC1)C(O)c1ccc(F)cc1. The van der Waals surface area contributed by atoms with E-state index in [-0.39, 0.29) is 18.3 Å². The zero-order valence-corrected chi connectivity index (χ0v) is 19.1. The van der Waals surface area contributed by atoms with Gasteiger partial charge in [-0.15, -0.1) is 0 Å². The summed E-state index contributed by atoms with van der Waals surface area (Å²) in [5, 5.41) is 20.1. The van der Waals surface area contributed by atoms with Crippen molar-refractivity contribution in [3.63, 3.8) is 0 Å². The number of rotatable bonds is 8. The lowest BCUT2D eigenvalue weighted by Gasteiger charge is -2.38. The van der Waals surface area contributed by atoms with Gasteiger partial charge in [-0.3, -0.25) is 9.59 Å². The molecular formula is C25H29F2N5O3. The Morgan fingerprint density at radius 3 is 2.49 bits per heavy atom. The van der Waals surface area contributed by atoms with E-state index < -0.39 is 29.4 Å². The highest BCUT2D eigenvalue weighted by Gasteiger charge is 2.42. The number of carbonyl (C=O) groups excluding carboxylic acids is 2. The van der Waals surface area contributed by atoms with E-state index in [1.807, 2.05) is 0 Å². The third-order valence-electron chi connectivity index (χ3n) is 6.52. The molecule has 2 heterocycles. The molecule has 1 aliphatic rings. The van der Waals surface area contributed by atoms with E-state index in [0.29, 0.717) is 37.9 Å². The zero-order chi connectivity index (χ0) is 25.0. The number of benzene rings is 2. The number of piperidine rings is 1. The first-order chi connectivity index (χ1) is 16.8. The second kappa shape index (κ2) is 10.5. The molecule has 0 spiro atoms. The van der Waals surface area contributed by atoms with Crippen molar-refractivity contribution >= 4 is 22.7 Å². The minimum Gasteiger partial charge on any atom is -0.386 e. The summed E-state index contributed by atoms with van der Waals surface area (Å²) in [7, 11) is 0. The average Bonchev–Trinajstić information content (AvgIpc) is 3.26. The molecule has 2 amide bonds. The van der Waals surface area contributed by atoms with Gasteiger partial charge in [0.05, 0.1) is 0 Å². The van der Waals surface area contributed by atoms with Gasteiger partial charge >= 0.3 is 0 Å². The van der Waals surface area contributed by atoms with Gasteiger partial charge in [0.1, 0.15) is 29.3 Å². The predicted octanol–water partition coefficient (Wildman–Crippen LogP) is 1.40. The molecule has 0 radical (unpaired) electrons. The highest BCUT2D eigenvalue weighted by Crippen LogP contribution is 2.23. The molecule has 1 aliphatic heterocycles. The fourth-order valence-electron chi connectivity index (χ4n) is 4.43. The van der Waals surface area contributed by atoms with Crippen LogP contribution in [0.1, 0.15) is 30.1 Å². The van der Waals surface area contributed by atoms with Crippen LogP contribution in [-0.4, -0.2) is 53.1 Å². The molecule has 1 fully saturated rings. The van der Waals surface area contributed by atoms with Gasteiger partial charge in [0, 0.05) is 23.6 Å². The van der Waals surface area contributed by atoms with Crippen LogP contribution < -0.4 is 21.7 Å². The lowest BCUT2D eigenvalue weighted by Crippen LogP contribution is -2.65. The number of hydrogen-bond donors (Lipinski definition) is 6. The summed E-state index contributed by atoms with van der Waals surface area (Å²) in [6, 6.07) is 8.21. The number of aliphatic hydroxyl groups is 1. The number of H-pyrrole nitrogens is 1. The Bertz CT molecular complexity index is 1190. The largest absolute Gasteiger partial charge is 0.386 e. The third kappa shape index (κ3) is 5.50. The monoisotopic (exact) mass is 485 g/mol. The highest BCUT2D eigenvalue weighted by molar-refractivity contribution is 5.93. The van der Waals surface area contributed by atoms with Crippen molar-refractivity contribution in [1.29, 1.82) is 0 Å². The maximum atomic E-state index is 13.6. The van der Waals surface area contributed by atoms with Crippen LogP contribution in [0.5, 0.6) is 0 Å². The first kappa shape index (κ1) is 24.8. The average molecular weight is 486 g/mol. The summed E-state index contributed by atoms with van der Waals surface area (Å²) < 4.78 is 26.8. The van der Waals surface area contributed by atoms with Crippen molar-refractivity contribution in [3.05, 3.63) is 71.4 Å². The molecule has 186 valence electrons. The molecule has 2 aromatic carbocycles. The number of aromatic amines is 1. The molecule has 1 saturated heterocycles. The number of fused-ring (bicyclic) bond motifs is 1. The van der Waals surface area contributed by atoms with Crippen LogP contribution in [0.4, 0.5) is 8.78 Å². The molecule has 0 aliphatic carbocycles. The van der Waals surface area contributed by atoms with Gasteiger partial charge in [0.15, 0.2) is 0 Å². The molecule has 4 rings (SSSR count). The fraction of sp³-hybridized carbons (Fsp3) is 0.360. The summed E-state index contributed by atoms with van der Waals surface area (Å²) in [6.07, 6.45) is 1.60. The van der Waals surface area contributed by atoms with E-state index >= 15 is 0 Å². The fourth-order valence-corrected chi connectivity index (χ4v) is 4.43. The molecule has 35 heavy (non-hydrogen) atoms. The lowest BCUT2D eigenvalue weighted by molar-refractivity contribution is -0.136. The molecule has 1 aromatic heterocycles. The van der Waals surface area contributed by atoms with Gasteiger partial charge in [0.2, 0.25) is 11.8 Å². The Kier molecular flexibility index (Phi) is 7.44. The number of carbonyl (C=O) groups is 2. The normalized spacial score (nSPS) is 17.0. The Morgan fingerprint density at radius 2 is 1.77 bits per heavy atom. The van der Waals surface area contributed by atoms with Crippen molar-refractivity contribution in [2.45, 2.75) is 36.9 Å². The number of aromatic nitrogens is 1. The second-order valence-electron chi connectivity index (χ2n) is 8.85. The Labute approximate surface area is 201 Å². The number of nitrogens with two attached hydrogens (primary N) is 1. The number of nitrogens with one attached hydrogen (secondary N) is 4. The van der Waals surface area contributed by atoms with Gasteiger partial charge < -0.3 is 31.8 Å². The quantitative estimate of drug-likeness (QED) is 0.287. The van der Waals surface area contributed by atoms with E-state index in [1.54, 1.807) is 12.3 Å². The van der Waals surface area contributed by atoms with Crippen molar-refractivity contribution in [1.82, 2.24) is 20.9 Å². The molecule has 2 atom stereocenters. The molecule has 7 N–H and O–H groups in total. The van der Waals surface area contributed by atoms with Crippen LogP contribution in [0.2, 0.25) is 0 Å². The molecular weight excluding hydrogens is 456 g/mol. The van der Waals surface area contributed by atoms with Gasteiger partial charge in [0.25, 0.3) is 0 Å². The Hall–Kier alpha value is -3.34. The Balaban J connectivity index is 1.41. The number of aliphatic hydroxyl groups excluding tert-OH is 1. The first-order valence-electron chi connectivity index (χ1n) is 11.5. The highest BCUT2D eigenvalue weighted by atomic mass is 19.1. The van der Waals surface area contributed by atoms with Crippen molar-refractivity contribution in [2.75, 3.05) is 19.6 Å². The molecule has 8 nitrogen and oxygen atoms in total. The molecule has 10 heteroatoms. The summed E-state index contributed by atoms with van der Waals surface area (Å²) >= 11 is 0. The van der Waals surface area contributed by atoms with E-state index in [9.17, 15) is 23.5 Å². The second-order valence-corrected chi connectivity index (χ2v) is 8.85. The number of hydrogen-bond acceptors (Lipinski definition) is 5. The summed E-state index contributed by atoms with van der Waals surface area (Å²) in [4.78, 5) is 29.3. The van der Waals surface area contributed by atoms with Crippen molar-refractivity contribution in [2.24, 2.45) is 5.73 Å². The van der Waals surface area contributed by atoms with Crippen LogP contribution in [0.15, 0.2) is 48.7 Å². The maximum Gasteiger partial charge on any atom is 0.245 e. The van der Waals surface area contributed by atoms with Gasteiger partial charge in [-0.25, -0.2) is 8.78 Å². The van der Waals surface area contributed by atoms with Gasteiger partial charge in [-0.2, -0.15) is 0 Å². The molecule has 3 aromatic rings. The first-order valence-corrected chi connectivity index (χ1v) is 11.5. The molecule has 2 unspecified atom stereocenters. The summed E-state index contributed by atoms with van der Waals surface area (Å²) in [5.74, 6) is -1.83. The molecule has 0 saturated carbocycles. The van der Waals surface area contributed by atoms with Crippen LogP contribution in [0.25, 0.3) is 10.9 Å². The Morgan fingerprint density at radius 1 is 1.09 bits per heavy atom. The standard InChI is InChI=1S/C25H29F2N5O3/c26-17-3-1-15(2-4-17)22(33)21(28)23(34)32-25(8-11-29-12-9-25)24(35)30-10-7-16-14-31-20-6-5-18(27)13-19(16)20/h1-6,13-14,21-22,29,31,33H,7-12,28H2,(H,30,35)(H,32,34). The minimum absolute atomic E-state index is 0.289. The minimum atomic E-state index is -1.36. The van der Waals surface area contributed by atoms with Crippen molar-refractivity contribution in [3.8, 4) is 0 Å². The van der Waals surface area contributed by atoms with E-state index in [4.69, 9.17) is 5.73 Å². The number of amides is 2. The lowest BCUT2D eigenvalue weighted by atomic mass is 9.86. The molecule has 0 bridgehead atoms.